The number of benzene rings is 2. The highest BCUT2D eigenvalue weighted by Crippen LogP contribution is 2.12. The zero-order chi connectivity index (χ0) is 17.4. The fraction of sp³-hybridized carbons (Fsp3) is 0.250. The van der Waals surface area contributed by atoms with E-state index in [1.54, 1.807) is 19.3 Å². The fourth-order valence-corrected chi connectivity index (χ4v) is 2.32. The summed E-state index contributed by atoms with van der Waals surface area (Å²) in [4.78, 5) is 13.3. The third-order valence-electron chi connectivity index (χ3n) is 3.59. The van der Waals surface area contributed by atoms with Crippen LogP contribution < -0.4 is 15.0 Å². The van der Waals surface area contributed by atoms with Gasteiger partial charge in [0.05, 0.1) is 21.2 Å². The van der Waals surface area contributed by atoms with E-state index in [2.05, 4.69) is 43.7 Å². The van der Waals surface area contributed by atoms with Gasteiger partial charge in [0.15, 0.2) is 0 Å². The first-order valence-corrected chi connectivity index (χ1v) is 8.03. The summed E-state index contributed by atoms with van der Waals surface area (Å²) in [7, 11) is 5.89. The Morgan fingerprint density at radius 3 is 2.25 bits per heavy atom. The van der Waals surface area contributed by atoms with Crippen LogP contribution in [0.15, 0.2) is 54.6 Å². The van der Waals surface area contributed by atoms with Gasteiger partial charge < -0.3 is 15.0 Å². The molecule has 126 valence electrons. The minimum Gasteiger partial charge on any atom is -0.497 e. The molecule has 0 aliphatic heterocycles. The molecule has 0 bridgehead atoms. The molecule has 0 fully saturated rings. The Balaban J connectivity index is 1.82. The summed E-state index contributed by atoms with van der Waals surface area (Å²) in [5, 5.41) is 2.90. The Kier molecular flexibility index (Phi) is 6.58. The van der Waals surface area contributed by atoms with E-state index in [1.165, 1.54) is 10.5 Å². The second-order valence-electron chi connectivity index (χ2n) is 6.02. The van der Waals surface area contributed by atoms with Gasteiger partial charge in [-0.15, -0.1) is 0 Å². The van der Waals surface area contributed by atoms with Crippen molar-refractivity contribution in [2.45, 2.75) is 13.1 Å². The Hall–Kier alpha value is -2.59. The smallest absolute Gasteiger partial charge is 0.244 e. The van der Waals surface area contributed by atoms with Crippen LogP contribution in [0.4, 0.5) is 0 Å². The van der Waals surface area contributed by atoms with Gasteiger partial charge in [-0.3, -0.25) is 4.79 Å². The highest BCUT2D eigenvalue weighted by Gasteiger charge is 2.00. The number of ether oxygens (including phenoxy) is 1. The van der Waals surface area contributed by atoms with Crippen molar-refractivity contribution in [1.82, 2.24) is 5.32 Å². The molecule has 2 aromatic rings. The molecule has 0 radical (unpaired) electrons. The van der Waals surface area contributed by atoms with E-state index in [4.69, 9.17) is 4.74 Å². The molecular weight excluding hydrogens is 300 g/mol. The van der Waals surface area contributed by atoms with Gasteiger partial charge in [0.1, 0.15) is 12.3 Å². The SMILES string of the molecule is COc1ccc(/C=C/C(=O)NCc2ccc(C[NH+](C)C)cc2)cc1. The fourth-order valence-electron chi connectivity index (χ4n) is 2.32. The van der Waals surface area contributed by atoms with Crippen molar-refractivity contribution in [3.05, 3.63) is 71.3 Å². The molecule has 0 aliphatic carbocycles. The molecule has 0 atom stereocenters. The van der Waals surface area contributed by atoms with E-state index in [0.717, 1.165) is 23.4 Å². The van der Waals surface area contributed by atoms with E-state index in [-0.39, 0.29) is 5.91 Å². The van der Waals surface area contributed by atoms with Gasteiger partial charge in [-0.05, 0) is 29.3 Å². The molecule has 0 saturated carbocycles. The number of hydrogen-bond donors (Lipinski definition) is 2. The van der Waals surface area contributed by atoms with Gasteiger partial charge in [-0.1, -0.05) is 36.4 Å². The van der Waals surface area contributed by atoms with E-state index < -0.39 is 0 Å². The number of carbonyl (C=O) groups is 1. The van der Waals surface area contributed by atoms with Gasteiger partial charge in [0.2, 0.25) is 5.91 Å². The number of amides is 1. The highest BCUT2D eigenvalue weighted by molar-refractivity contribution is 5.91. The molecular formula is C20H25N2O2+. The van der Waals surface area contributed by atoms with Crippen molar-refractivity contribution in [3.63, 3.8) is 0 Å². The molecule has 0 heterocycles. The molecule has 24 heavy (non-hydrogen) atoms. The minimum atomic E-state index is -0.104. The summed E-state index contributed by atoms with van der Waals surface area (Å²) < 4.78 is 5.11. The van der Waals surface area contributed by atoms with Crippen LogP contribution in [0.5, 0.6) is 5.75 Å². The van der Waals surface area contributed by atoms with Gasteiger partial charge in [-0.25, -0.2) is 0 Å². The summed E-state index contributed by atoms with van der Waals surface area (Å²) in [6.07, 6.45) is 3.34. The van der Waals surface area contributed by atoms with Crippen LogP contribution in [0.25, 0.3) is 6.08 Å². The van der Waals surface area contributed by atoms with Crippen molar-refractivity contribution in [2.24, 2.45) is 0 Å². The van der Waals surface area contributed by atoms with Crippen molar-refractivity contribution >= 4 is 12.0 Å². The van der Waals surface area contributed by atoms with Gasteiger partial charge in [0.25, 0.3) is 0 Å². The number of rotatable bonds is 7. The predicted octanol–water partition coefficient (Wildman–Crippen LogP) is 1.67. The number of methoxy groups -OCH3 is 1. The van der Waals surface area contributed by atoms with E-state index in [0.29, 0.717) is 6.54 Å². The standard InChI is InChI=1S/C20H24N2O2/c1-22(2)15-18-6-4-17(5-7-18)14-21-20(23)13-10-16-8-11-19(24-3)12-9-16/h4-13H,14-15H2,1-3H3,(H,21,23)/p+1/b13-10+. The number of quaternary nitrogens is 1. The maximum Gasteiger partial charge on any atom is 0.244 e. The van der Waals surface area contributed by atoms with Crippen LogP contribution in [-0.2, 0) is 17.9 Å². The second-order valence-corrected chi connectivity index (χ2v) is 6.02. The molecule has 0 aromatic heterocycles. The first-order valence-electron chi connectivity index (χ1n) is 8.03. The zero-order valence-electron chi connectivity index (χ0n) is 14.5. The number of hydrogen-bond acceptors (Lipinski definition) is 2. The Morgan fingerprint density at radius 2 is 1.67 bits per heavy atom. The summed E-state index contributed by atoms with van der Waals surface area (Å²) in [5.41, 5.74) is 3.35. The lowest BCUT2D eigenvalue weighted by Crippen LogP contribution is -3.04. The second kappa shape index (κ2) is 8.89. The lowest BCUT2D eigenvalue weighted by Gasteiger charge is -2.08. The van der Waals surface area contributed by atoms with E-state index in [9.17, 15) is 4.79 Å². The quantitative estimate of drug-likeness (QED) is 0.761. The Morgan fingerprint density at radius 1 is 1.04 bits per heavy atom. The predicted molar refractivity (Wildman–Crippen MR) is 96.8 cm³/mol. The average Bonchev–Trinajstić information content (AvgIpc) is 2.59. The molecule has 4 heteroatoms. The number of nitrogens with one attached hydrogen (secondary N) is 2. The molecule has 2 N–H and O–H groups in total. The molecule has 2 rings (SSSR count). The van der Waals surface area contributed by atoms with Crippen molar-refractivity contribution in [2.75, 3.05) is 21.2 Å². The summed E-state index contributed by atoms with van der Waals surface area (Å²) in [6, 6.07) is 15.9. The van der Waals surface area contributed by atoms with Crippen LogP contribution in [0, 0.1) is 0 Å². The first kappa shape index (κ1) is 17.8. The van der Waals surface area contributed by atoms with Crippen LogP contribution in [0.1, 0.15) is 16.7 Å². The molecule has 0 saturated heterocycles. The Bertz CT molecular complexity index is 674. The molecule has 2 aromatic carbocycles. The lowest BCUT2D eigenvalue weighted by molar-refractivity contribution is -0.872. The molecule has 1 amide bonds. The zero-order valence-corrected chi connectivity index (χ0v) is 14.5. The van der Waals surface area contributed by atoms with Crippen LogP contribution in [0.2, 0.25) is 0 Å². The normalized spacial score (nSPS) is 11.0. The van der Waals surface area contributed by atoms with Crippen molar-refractivity contribution in [1.29, 1.82) is 0 Å². The minimum absolute atomic E-state index is 0.104. The lowest BCUT2D eigenvalue weighted by atomic mass is 10.1. The third-order valence-corrected chi connectivity index (χ3v) is 3.59. The summed E-state index contributed by atoms with van der Waals surface area (Å²) >= 11 is 0. The molecule has 0 aliphatic rings. The summed E-state index contributed by atoms with van der Waals surface area (Å²) in [6.45, 7) is 1.53. The topological polar surface area (TPSA) is 42.8 Å². The molecule has 0 unspecified atom stereocenters. The first-order chi connectivity index (χ1) is 11.6. The summed E-state index contributed by atoms with van der Waals surface area (Å²) in [5.74, 6) is 0.698. The van der Waals surface area contributed by atoms with Gasteiger partial charge >= 0.3 is 0 Å². The molecule has 4 nitrogen and oxygen atoms in total. The van der Waals surface area contributed by atoms with Crippen molar-refractivity contribution in [3.8, 4) is 5.75 Å². The maximum absolute atomic E-state index is 11.9. The van der Waals surface area contributed by atoms with Crippen LogP contribution in [0.3, 0.4) is 0 Å². The van der Waals surface area contributed by atoms with Crippen LogP contribution in [-0.4, -0.2) is 27.1 Å². The largest absolute Gasteiger partial charge is 0.497 e. The monoisotopic (exact) mass is 325 g/mol. The highest BCUT2D eigenvalue weighted by atomic mass is 16.5. The van der Waals surface area contributed by atoms with E-state index in [1.807, 2.05) is 24.3 Å². The van der Waals surface area contributed by atoms with Gasteiger partial charge in [-0.2, -0.15) is 0 Å². The maximum atomic E-state index is 11.9. The van der Waals surface area contributed by atoms with E-state index >= 15 is 0 Å². The third kappa shape index (κ3) is 5.89. The van der Waals surface area contributed by atoms with Gasteiger partial charge in [0, 0.05) is 18.2 Å². The average molecular weight is 325 g/mol. The Labute approximate surface area is 143 Å². The van der Waals surface area contributed by atoms with Crippen molar-refractivity contribution < 1.29 is 14.4 Å². The van der Waals surface area contributed by atoms with Crippen LogP contribution >= 0.6 is 0 Å². The number of carbonyl (C=O) groups excluding carboxylic acids is 1. The molecule has 0 spiro atoms.